The molecule has 2 N–H and O–H groups in total. The third kappa shape index (κ3) is 3.61. The molecule has 1 amide bonds. The van der Waals surface area contributed by atoms with Gasteiger partial charge in [-0.2, -0.15) is 0 Å². The Balaban J connectivity index is 1.77. The first-order valence-electron chi connectivity index (χ1n) is 9.20. The first kappa shape index (κ1) is 19.2. The van der Waals surface area contributed by atoms with Gasteiger partial charge in [-0.1, -0.05) is 35.9 Å². The smallest absolute Gasteiger partial charge is 0.261 e. The minimum Gasteiger partial charge on any atom is -0.505 e. The van der Waals surface area contributed by atoms with E-state index in [1.54, 1.807) is 24.3 Å². The largest absolute Gasteiger partial charge is 0.505 e. The third-order valence-corrected chi connectivity index (χ3v) is 5.17. The number of aliphatic imine (C=N–C) groups is 1. The van der Waals surface area contributed by atoms with Crippen molar-refractivity contribution < 1.29 is 14.7 Å². The number of fused-ring (bicyclic) bond motifs is 1. The molecule has 2 aromatic rings. The third-order valence-electron chi connectivity index (χ3n) is 4.92. The molecule has 0 aromatic heterocycles. The van der Waals surface area contributed by atoms with Crippen LogP contribution in [0.15, 0.2) is 76.6 Å². The van der Waals surface area contributed by atoms with E-state index in [0.29, 0.717) is 16.3 Å². The Morgan fingerprint density at radius 1 is 1.17 bits per heavy atom. The van der Waals surface area contributed by atoms with Crippen molar-refractivity contribution in [2.75, 3.05) is 0 Å². The van der Waals surface area contributed by atoms with E-state index in [4.69, 9.17) is 16.6 Å². The van der Waals surface area contributed by atoms with Crippen LogP contribution in [0.4, 0.5) is 0 Å². The lowest BCUT2D eigenvalue weighted by atomic mass is 9.84. The fraction of sp³-hybridized carbons (Fsp3) is 0.174. The van der Waals surface area contributed by atoms with E-state index in [2.05, 4.69) is 5.32 Å². The SMILES string of the molecule is CC1(C)Cc2ccccc2C(C2=C(O)/C(=C/C(=O)c3ccc(Cl)cc3)NC2=O)=N1. The van der Waals surface area contributed by atoms with Gasteiger partial charge in [-0.3, -0.25) is 14.6 Å². The van der Waals surface area contributed by atoms with Crippen LogP contribution >= 0.6 is 11.6 Å². The second kappa shape index (κ2) is 7.01. The number of aliphatic hydroxyl groups excluding tert-OH is 1. The van der Waals surface area contributed by atoms with Crippen molar-refractivity contribution in [2.24, 2.45) is 4.99 Å². The molecule has 0 saturated heterocycles. The van der Waals surface area contributed by atoms with Gasteiger partial charge in [0.1, 0.15) is 5.57 Å². The summed E-state index contributed by atoms with van der Waals surface area (Å²) in [4.78, 5) is 29.9. The van der Waals surface area contributed by atoms with Gasteiger partial charge in [0.05, 0.1) is 16.9 Å². The normalized spacial score (nSPS) is 19.1. The zero-order valence-electron chi connectivity index (χ0n) is 16.0. The summed E-state index contributed by atoms with van der Waals surface area (Å²) in [6.45, 7) is 3.96. The molecule has 0 fully saturated rings. The zero-order valence-corrected chi connectivity index (χ0v) is 16.7. The Morgan fingerprint density at radius 3 is 2.59 bits per heavy atom. The molecular weight excluding hydrogens is 388 g/mol. The van der Waals surface area contributed by atoms with Gasteiger partial charge in [-0.15, -0.1) is 0 Å². The minimum absolute atomic E-state index is 0.0634. The van der Waals surface area contributed by atoms with Gasteiger partial charge >= 0.3 is 0 Å². The first-order valence-corrected chi connectivity index (χ1v) is 9.58. The lowest BCUT2D eigenvalue weighted by Gasteiger charge is -2.29. The van der Waals surface area contributed by atoms with E-state index in [9.17, 15) is 14.7 Å². The highest BCUT2D eigenvalue weighted by Crippen LogP contribution is 2.32. The van der Waals surface area contributed by atoms with E-state index in [1.165, 1.54) is 6.08 Å². The number of aliphatic hydroxyl groups is 1. The zero-order chi connectivity index (χ0) is 20.8. The Hall–Kier alpha value is -3.18. The van der Waals surface area contributed by atoms with Crippen molar-refractivity contribution in [2.45, 2.75) is 25.8 Å². The van der Waals surface area contributed by atoms with Crippen molar-refractivity contribution in [3.63, 3.8) is 0 Å². The summed E-state index contributed by atoms with van der Waals surface area (Å²) in [6.07, 6.45) is 1.95. The van der Waals surface area contributed by atoms with Gasteiger partial charge in [0.2, 0.25) is 0 Å². The van der Waals surface area contributed by atoms with Gasteiger partial charge in [0.25, 0.3) is 5.91 Å². The number of ketones is 1. The van der Waals surface area contributed by atoms with Crippen LogP contribution in [0.2, 0.25) is 5.02 Å². The number of nitrogens with zero attached hydrogens (tertiary/aromatic N) is 1. The molecule has 5 nitrogen and oxygen atoms in total. The number of carbonyl (C=O) groups excluding carboxylic acids is 2. The summed E-state index contributed by atoms with van der Waals surface area (Å²) in [5.41, 5.74) is 2.45. The molecule has 2 aliphatic heterocycles. The number of halogens is 1. The fourth-order valence-electron chi connectivity index (χ4n) is 3.60. The van der Waals surface area contributed by atoms with Crippen LogP contribution in [0.1, 0.15) is 35.3 Å². The summed E-state index contributed by atoms with van der Waals surface area (Å²) in [5, 5.41) is 13.9. The fourth-order valence-corrected chi connectivity index (χ4v) is 3.73. The highest BCUT2D eigenvalue weighted by Gasteiger charge is 2.36. The molecule has 6 heteroatoms. The Morgan fingerprint density at radius 2 is 1.86 bits per heavy atom. The second-order valence-corrected chi connectivity index (χ2v) is 8.15. The summed E-state index contributed by atoms with van der Waals surface area (Å²) >= 11 is 5.85. The highest BCUT2D eigenvalue weighted by molar-refractivity contribution is 6.31. The maximum Gasteiger partial charge on any atom is 0.261 e. The van der Waals surface area contributed by atoms with Crippen molar-refractivity contribution in [1.29, 1.82) is 0 Å². The number of allylic oxidation sites excluding steroid dienone is 1. The molecule has 2 aromatic carbocycles. The van der Waals surface area contributed by atoms with Gasteiger partial charge in [-0.05, 0) is 50.1 Å². The molecule has 0 atom stereocenters. The highest BCUT2D eigenvalue weighted by atomic mass is 35.5. The van der Waals surface area contributed by atoms with Crippen molar-refractivity contribution in [3.05, 3.63) is 93.3 Å². The summed E-state index contributed by atoms with van der Waals surface area (Å²) in [5.74, 6) is -1.11. The number of carbonyl (C=O) groups is 2. The van der Waals surface area contributed by atoms with E-state index >= 15 is 0 Å². The van der Waals surface area contributed by atoms with Gasteiger partial charge < -0.3 is 10.4 Å². The Labute approximate surface area is 173 Å². The topological polar surface area (TPSA) is 78.8 Å². The monoisotopic (exact) mass is 406 g/mol. The number of hydrogen-bond donors (Lipinski definition) is 2. The number of amides is 1. The average molecular weight is 407 g/mol. The molecule has 0 spiro atoms. The predicted molar refractivity (Wildman–Crippen MR) is 112 cm³/mol. The maximum absolute atomic E-state index is 12.7. The predicted octanol–water partition coefficient (Wildman–Crippen LogP) is 4.17. The van der Waals surface area contributed by atoms with E-state index in [0.717, 1.165) is 17.5 Å². The van der Waals surface area contributed by atoms with Crippen LogP contribution < -0.4 is 5.32 Å². The maximum atomic E-state index is 12.7. The van der Waals surface area contributed by atoms with Crippen LogP contribution in [0.25, 0.3) is 0 Å². The molecule has 0 saturated carbocycles. The molecule has 146 valence electrons. The molecule has 4 rings (SSSR count). The first-order chi connectivity index (χ1) is 13.7. The Bertz CT molecular complexity index is 1130. The van der Waals surface area contributed by atoms with Crippen LogP contribution in [-0.2, 0) is 11.2 Å². The molecule has 0 aliphatic carbocycles. The van der Waals surface area contributed by atoms with E-state index in [-0.39, 0.29) is 22.8 Å². The molecule has 0 unspecified atom stereocenters. The molecule has 0 bridgehead atoms. The standard InChI is InChI=1S/C23H19ClN2O3/c1-23(2)12-14-5-3-4-6-16(14)20(26-23)19-21(28)17(25-22(19)29)11-18(27)13-7-9-15(24)10-8-13/h3-11,28H,12H2,1-2H3,(H,25,29)/b17-11-. The molecule has 2 heterocycles. The van der Waals surface area contributed by atoms with E-state index < -0.39 is 11.4 Å². The number of rotatable bonds is 3. The van der Waals surface area contributed by atoms with Crippen LogP contribution in [0.5, 0.6) is 0 Å². The lowest BCUT2D eigenvalue weighted by molar-refractivity contribution is -0.115. The summed E-state index contributed by atoms with van der Waals surface area (Å²) in [7, 11) is 0. The lowest BCUT2D eigenvalue weighted by Crippen LogP contribution is -2.32. The van der Waals surface area contributed by atoms with Crippen LogP contribution in [0, 0.1) is 0 Å². The van der Waals surface area contributed by atoms with Gasteiger partial charge in [0, 0.05) is 22.2 Å². The quantitative estimate of drug-likeness (QED) is 0.593. The molecule has 0 radical (unpaired) electrons. The summed E-state index contributed by atoms with van der Waals surface area (Å²) in [6, 6.07) is 14.1. The number of nitrogens with one attached hydrogen (secondary N) is 1. The van der Waals surface area contributed by atoms with Crippen LogP contribution in [0.3, 0.4) is 0 Å². The Kier molecular flexibility index (Phi) is 4.63. The average Bonchev–Trinajstić information content (AvgIpc) is 2.94. The molecular formula is C23H19ClN2O3. The van der Waals surface area contributed by atoms with Crippen molar-refractivity contribution in [1.82, 2.24) is 5.32 Å². The number of benzene rings is 2. The van der Waals surface area contributed by atoms with Crippen molar-refractivity contribution in [3.8, 4) is 0 Å². The summed E-state index contributed by atoms with van der Waals surface area (Å²) < 4.78 is 0. The van der Waals surface area contributed by atoms with Crippen LogP contribution in [-0.4, -0.2) is 28.0 Å². The van der Waals surface area contributed by atoms with Gasteiger partial charge in [0.15, 0.2) is 11.5 Å². The molecule has 29 heavy (non-hydrogen) atoms. The minimum atomic E-state index is -0.482. The van der Waals surface area contributed by atoms with E-state index in [1.807, 2.05) is 38.1 Å². The van der Waals surface area contributed by atoms with Gasteiger partial charge in [-0.25, -0.2) is 0 Å². The van der Waals surface area contributed by atoms with Crippen molar-refractivity contribution >= 4 is 29.0 Å². The second-order valence-electron chi connectivity index (χ2n) is 7.71. The molecule has 2 aliphatic rings. The number of hydrogen-bond acceptors (Lipinski definition) is 4.